The zero-order chi connectivity index (χ0) is 10.7. The lowest BCUT2D eigenvalue weighted by atomic mass is 10.2. The van der Waals surface area contributed by atoms with Gasteiger partial charge in [-0.15, -0.1) is 0 Å². The first-order valence-corrected chi connectivity index (χ1v) is 5.32. The van der Waals surface area contributed by atoms with Crippen LogP contribution in [0.4, 0.5) is 0 Å². The second kappa shape index (κ2) is 4.40. The number of rotatable bonds is 4. The molecule has 80 valence electrons. The van der Waals surface area contributed by atoms with Gasteiger partial charge >= 0.3 is 0 Å². The molecule has 2 rings (SSSR count). The Morgan fingerprint density at radius 2 is 2.20 bits per heavy atom. The largest absolute Gasteiger partial charge is 0.314 e. The van der Waals surface area contributed by atoms with Crippen molar-refractivity contribution in [2.45, 2.75) is 26.3 Å². The van der Waals surface area contributed by atoms with Crippen LogP contribution >= 0.6 is 0 Å². The molecule has 0 saturated heterocycles. The molecular weight excluding hydrogens is 188 g/mol. The van der Waals surface area contributed by atoms with Gasteiger partial charge in [0.15, 0.2) is 5.65 Å². The van der Waals surface area contributed by atoms with E-state index in [9.17, 15) is 0 Å². The minimum Gasteiger partial charge on any atom is -0.314 e. The Morgan fingerprint density at radius 1 is 1.33 bits per heavy atom. The second-order valence-electron chi connectivity index (χ2n) is 3.64. The molecule has 0 aliphatic heterocycles. The van der Waals surface area contributed by atoms with Gasteiger partial charge in [-0.25, -0.2) is 9.50 Å². The summed E-state index contributed by atoms with van der Waals surface area (Å²) in [6, 6.07) is 4.08. The van der Waals surface area contributed by atoms with Gasteiger partial charge in [-0.05, 0) is 25.6 Å². The van der Waals surface area contributed by atoms with Crippen molar-refractivity contribution in [3.05, 3.63) is 29.7 Å². The van der Waals surface area contributed by atoms with E-state index in [2.05, 4.69) is 28.4 Å². The van der Waals surface area contributed by atoms with Gasteiger partial charge in [0.05, 0.1) is 17.6 Å². The van der Waals surface area contributed by atoms with Gasteiger partial charge in [-0.2, -0.15) is 5.10 Å². The lowest BCUT2D eigenvalue weighted by molar-refractivity contribution is 0.789. The number of aryl methyl sites for hydroxylation is 1. The summed E-state index contributed by atoms with van der Waals surface area (Å²) in [7, 11) is 1.92. The van der Waals surface area contributed by atoms with E-state index in [0.717, 1.165) is 36.4 Å². The van der Waals surface area contributed by atoms with Gasteiger partial charge in [-0.3, -0.25) is 0 Å². The van der Waals surface area contributed by atoms with E-state index in [4.69, 9.17) is 0 Å². The number of fused-ring (bicyclic) bond motifs is 1. The van der Waals surface area contributed by atoms with Crippen LogP contribution in [0.15, 0.2) is 18.3 Å². The quantitative estimate of drug-likeness (QED) is 0.818. The molecule has 4 nitrogen and oxygen atoms in total. The molecule has 0 saturated carbocycles. The van der Waals surface area contributed by atoms with Gasteiger partial charge in [0.25, 0.3) is 0 Å². The molecule has 4 heteroatoms. The highest BCUT2D eigenvalue weighted by Gasteiger charge is 2.02. The van der Waals surface area contributed by atoms with Crippen LogP contribution in [0.2, 0.25) is 0 Å². The average molecular weight is 204 g/mol. The average Bonchev–Trinajstić information content (AvgIpc) is 2.60. The lowest BCUT2D eigenvalue weighted by Crippen LogP contribution is -2.04. The molecule has 2 aromatic rings. The number of imidazole rings is 1. The highest BCUT2D eigenvalue weighted by atomic mass is 15.2. The van der Waals surface area contributed by atoms with Gasteiger partial charge < -0.3 is 5.32 Å². The van der Waals surface area contributed by atoms with Crippen molar-refractivity contribution in [2.24, 2.45) is 0 Å². The lowest BCUT2D eigenvalue weighted by Gasteiger charge is -1.97. The Bertz CT molecular complexity index is 443. The van der Waals surface area contributed by atoms with E-state index in [1.165, 1.54) is 0 Å². The summed E-state index contributed by atoms with van der Waals surface area (Å²) >= 11 is 0. The van der Waals surface area contributed by atoms with E-state index in [1.54, 1.807) is 0 Å². The molecule has 0 radical (unpaired) electrons. The third-order valence-electron chi connectivity index (χ3n) is 2.29. The van der Waals surface area contributed by atoms with Gasteiger partial charge in [-0.1, -0.05) is 13.3 Å². The maximum atomic E-state index is 4.49. The summed E-state index contributed by atoms with van der Waals surface area (Å²) in [4.78, 5) is 4.44. The van der Waals surface area contributed by atoms with E-state index < -0.39 is 0 Å². The fourth-order valence-electron chi connectivity index (χ4n) is 1.63. The number of aromatic nitrogens is 3. The van der Waals surface area contributed by atoms with Crippen LogP contribution in [0.25, 0.3) is 5.65 Å². The van der Waals surface area contributed by atoms with Crippen LogP contribution in [-0.4, -0.2) is 21.6 Å². The summed E-state index contributed by atoms with van der Waals surface area (Å²) in [5.74, 6) is 0. The van der Waals surface area contributed by atoms with E-state index in [1.807, 2.05) is 23.8 Å². The highest BCUT2D eigenvalue weighted by molar-refractivity contribution is 5.38. The molecule has 0 amide bonds. The Kier molecular flexibility index (Phi) is 2.97. The van der Waals surface area contributed by atoms with Gasteiger partial charge in [0, 0.05) is 6.54 Å². The minimum absolute atomic E-state index is 0.784. The molecule has 15 heavy (non-hydrogen) atoms. The Labute approximate surface area is 89.3 Å². The fraction of sp³-hybridized carbons (Fsp3) is 0.455. The van der Waals surface area contributed by atoms with Crippen LogP contribution in [0, 0.1) is 0 Å². The molecule has 0 unspecified atom stereocenters. The van der Waals surface area contributed by atoms with Crippen molar-refractivity contribution in [3.8, 4) is 0 Å². The van der Waals surface area contributed by atoms with Crippen LogP contribution in [0.5, 0.6) is 0 Å². The number of nitrogens with zero attached hydrogens (tertiary/aromatic N) is 3. The Balaban J connectivity index is 2.34. The normalized spacial score (nSPS) is 11.1. The van der Waals surface area contributed by atoms with Crippen LogP contribution in [-0.2, 0) is 13.0 Å². The highest BCUT2D eigenvalue weighted by Crippen LogP contribution is 2.06. The monoisotopic (exact) mass is 204 g/mol. The van der Waals surface area contributed by atoms with Gasteiger partial charge in [0.2, 0.25) is 0 Å². The number of hydrogen-bond acceptors (Lipinski definition) is 3. The summed E-state index contributed by atoms with van der Waals surface area (Å²) in [6.45, 7) is 2.94. The van der Waals surface area contributed by atoms with Crippen LogP contribution in [0.3, 0.4) is 0 Å². The van der Waals surface area contributed by atoms with Crippen molar-refractivity contribution in [2.75, 3.05) is 7.05 Å². The SMILES string of the molecule is CCCc1ccc2nc(CNC)cn2n1. The zero-order valence-corrected chi connectivity index (χ0v) is 9.20. The third kappa shape index (κ3) is 2.15. The molecule has 0 aliphatic carbocycles. The third-order valence-corrected chi connectivity index (χ3v) is 2.29. The summed E-state index contributed by atoms with van der Waals surface area (Å²) in [5.41, 5.74) is 3.07. The van der Waals surface area contributed by atoms with Crippen LogP contribution < -0.4 is 5.32 Å². The van der Waals surface area contributed by atoms with Crippen molar-refractivity contribution in [1.82, 2.24) is 19.9 Å². The predicted molar refractivity (Wildman–Crippen MR) is 59.7 cm³/mol. The minimum atomic E-state index is 0.784. The topological polar surface area (TPSA) is 42.2 Å². The molecule has 0 spiro atoms. The first kappa shape index (κ1) is 10.1. The standard InChI is InChI=1S/C11H16N4/c1-3-4-9-5-6-11-13-10(7-12-2)8-15(11)14-9/h5-6,8,12H,3-4,7H2,1-2H3. The summed E-state index contributed by atoms with van der Waals surface area (Å²) < 4.78 is 1.86. The van der Waals surface area contributed by atoms with Gasteiger partial charge in [0.1, 0.15) is 0 Å². The maximum Gasteiger partial charge on any atom is 0.153 e. The Morgan fingerprint density at radius 3 is 2.93 bits per heavy atom. The second-order valence-corrected chi connectivity index (χ2v) is 3.64. The van der Waals surface area contributed by atoms with E-state index in [0.29, 0.717) is 0 Å². The summed E-state index contributed by atoms with van der Waals surface area (Å²) in [5, 5.41) is 7.58. The molecule has 0 fully saturated rings. The van der Waals surface area contributed by atoms with Crippen molar-refractivity contribution in [3.63, 3.8) is 0 Å². The molecule has 0 aromatic carbocycles. The van der Waals surface area contributed by atoms with Crippen molar-refractivity contribution < 1.29 is 0 Å². The molecule has 2 aromatic heterocycles. The maximum absolute atomic E-state index is 4.49. The van der Waals surface area contributed by atoms with E-state index in [-0.39, 0.29) is 0 Å². The molecule has 0 bridgehead atoms. The molecular formula is C11H16N4. The first-order chi connectivity index (χ1) is 7.33. The number of nitrogens with one attached hydrogen (secondary N) is 1. The number of hydrogen-bond donors (Lipinski definition) is 1. The zero-order valence-electron chi connectivity index (χ0n) is 9.20. The molecule has 0 aliphatic rings. The first-order valence-electron chi connectivity index (χ1n) is 5.32. The van der Waals surface area contributed by atoms with Crippen LogP contribution in [0.1, 0.15) is 24.7 Å². The smallest absolute Gasteiger partial charge is 0.153 e. The molecule has 0 atom stereocenters. The van der Waals surface area contributed by atoms with Crippen molar-refractivity contribution in [1.29, 1.82) is 0 Å². The molecule has 2 heterocycles. The fourth-order valence-corrected chi connectivity index (χ4v) is 1.63. The molecule has 1 N–H and O–H groups in total. The Hall–Kier alpha value is -1.42. The summed E-state index contributed by atoms with van der Waals surface area (Å²) in [6.07, 6.45) is 4.12. The van der Waals surface area contributed by atoms with E-state index >= 15 is 0 Å². The predicted octanol–water partition coefficient (Wildman–Crippen LogP) is 1.40. The van der Waals surface area contributed by atoms with Crippen molar-refractivity contribution >= 4 is 5.65 Å².